The van der Waals surface area contributed by atoms with Crippen LogP contribution in [-0.2, 0) is 14.3 Å². The molecule has 0 aromatic heterocycles. The summed E-state index contributed by atoms with van der Waals surface area (Å²) < 4.78 is 4.98. The van der Waals surface area contributed by atoms with E-state index in [1.165, 1.54) is 12.1 Å². The lowest BCUT2D eigenvalue weighted by atomic mass is 9.95. The Morgan fingerprint density at radius 2 is 2.17 bits per heavy atom. The first-order valence-corrected chi connectivity index (χ1v) is 7.40. The number of ether oxygens (including phenoxy) is 1. The van der Waals surface area contributed by atoms with Gasteiger partial charge in [0.15, 0.2) is 6.61 Å². The van der Waals surface area contributed by atoms with Crippen LogP contribution in [0.1, 0.15) is 19.3 Å². The molecule has 23 heavy (non-hydrogen) atoms. The number of anilines is 1. The predicted molar refractivity (Wildman–Crippen MR) is 84.2 cm³/mol. The third kappa shape index (κ3) is 4.79. The molecule has 1 aliphatic rings. The Hall–Kier alpha value is -2.41. The molecule has 0 fully saturated rings. The van der Waals surface area contributed by atoms with Gasteiger partial charge in [-0.3, -0.25) is 19.7 Å². The largest absolute Gasteiger partial charge is 0.455 e. The highest BCUT2D eigenvalue weighted by molar-refractivity contribution is 6.34. The smallest absolute Gasteiger partial charge is 0.309 e. The summed E-state index contributed by atoms with van der Waals surface area (Å²) in [6, 6.07) is 3.69. The number of carbonyl (C=O) groups excluding carboxylic acids is 2. The number of nitrogens with one attached hydrogen (secondary N) is 1. The summed E-state index contributed by atoms with van der Waals surface area (Å²) in [4.78, 5) is 33.6. The summed E-state index contributed by atoms with van der Waals surface area (Å²) >= 11 is 5.87. The average molecular weight is 339 g/mol. The summed E-state index contributed by atoms with van der Waals surface area (Å²) in [6.45, 7) is -0.424. The minimum atomic E-state index is -0.585. The van der Waals surface area contributed by atoms with E-state index in [9.17, 15) is 19.7 Å². The van der Waals surface area contributed by atoms with Crippen LogP contribution in [0.15, 0.2) is 30.4 Å². The van der Waals surface area contributed by atoms with E-state index in [0.29, 0.717) is 12.8 Å². The number of halogens is 1. The molecular formula is C15H15ClN2O5. The standard InChI is InChI=1S/C15H15ClN2O5/c16-12-8-11(18(21)22)6-7-13(12)17-14(19)9-23-15(20)10-4-2-1-3-5-10/h1-2,6-8,10H,3-5,9H2,(H,17,19)/t10-/m1/s1. The molecule has 0 aliphatic heterocycles. The SMILES string of the molecule is O=C(COC(=O)[C@@H]1CC=CCC1)Nc1ccc([N+](=O)[O-])cc1Cl. The van der Waals surface area contributed by atoms with Crippen molar-refractivity contribution in [3.8, 4) is 0 Å². The van der Waals surface area contributed by atoms with E-state index >= 15 is 0 Å². The molecule has 0 saturated heterocycles. The van der Waals surface area contributed by atoms with Gasteiger partial charge in [0, 0.05) is 12.1 Å². The Labute approximate surface area is 137 Å². The normalized spacial score (nSPS) is 16.7. The lowest BCUT2D eigenvalue weighted by Crippen LogP contribution is -2.25. The van der Waals surface area contributed by atoms with Gasteiger partial charge in [-0.15, -0.1) is 0 Å². The molecule has 0 spiro atoms. The lowest BCUT2D eigenvalue weighted by molar-refractivity contribution is -0.384. The number of benzene rings is 1. The fraction of sp³-hybridized carbons (Fsp3) is 0.333. The molecule has 0 radical (unpaired) electrons. The Balaban J connectivity index is 1.86. The lowest BCUT2D eigenvalue weighted by Gasteiger charge is -2.16. The molecule has 122 valence electrons. The number of amides is 1. The second-order valence-corrected chi connectivity index (χ2v) is 5.47. The molecule has 2 rings (SSSR count). The molecule has 7 nitrogen and oxygen atoms in total. The van der Waals surface area contributed by atoms with Crippen molar-refractivity contribution in [3.05, 3.63) is 45.5 Å². The van der Waals surface area contributed by atoms with Crippen LogP contribution in [0.25, 0.3) is 0 Å². The van der Waals surface area contributed by atoms with Crippen LogP contribution in [0, 0.1) is 16.0 Å². The van der Waals surface area contributed by atoms with E-state index in [2.05, 4.69) is 5.32 Å². The van der Waals surface area contributed by atoms with E-state index in [0.717, 1.165) is 12.5 Å². The number of non-ortho nitro benzene ring substituents is 1. The van der Waals surface area contributed by atoms with Gasteiger partial charge in [0.2, 0.25) is 0 Å². The summed E-state index contributed by atoms with van der Waals surface area (Å²) in [7, 11) is 0. The molecule has 1 amide bonds. The predicted octanol–water partition coefficient (Wildman–Crippen LogP) is 3.09. The van der Waals surface area contributed by atoms with Crippen LogP contribution in [0.5, 0.6) is 0 Å². The maximum atomic E-state index is 11.8. The van der Waals surface area contributed by atoms with Crippen molar-refractivity contribution in [1.29, 1.82) is 0 Å². The maximum absolute atomic E-state index is 11.8. The fourth-order valence-corrected chi connectivity index (χ4v) is 2.39. The number of carbonyl (C=O) groups is 2. The maximum Gasteiger partial charge on any atom is 0.309 e. The van der Waals surface area contributed by atoms with Crippen LogP contribution >= 0.6 is 11.6 Å². The zero-order valence-corrected chi connectivity index (χ0v) is 12.9. The van der Waals surface area contributed by atoms with Crippen molar-refractivity contribution in [3.63, 3.8) is 0 Å². The average Bonchev–Trinajstić information content (AvgIpc) is 2.55. The van der Waals surface area contributed by atoms with Crippen LogP contribution in [0.2, 0.25) is 5.02 Å². The first-order valence-electron chi connectivity index (χ1n) is 7.03. The highest BCUT2D eigenvalue weighted by Crippen LogP contribution is 2.26. The van der Waals surface area contributed by atoms with E-state index in [1.54, 1.807) is 0 Å². The van der Waals surface area contributed by atoms with E-state index in [1.807, 2.05) is 12.2 Å². The number of hydrogen-bond acceptors (Lipinski definition) is 5. The second kappa shape index (κ2) is 7.73. The van der Waals surface area contributed by atoms with Gasteiger partial charge in [-0.2, -0.15) is 0 Å². The molecule has 1 N–H and O–H groups in total. The first-order chi connectivity index (χ1) is 11.0. The zero-order valence-electron chi connectivity index (χ0n) is 12.2. The van der Waals surface area contributed by atoms with Gasteiger partial charge >= 0.3 is 5.97 Å². The monoisotopic (exact) mass is 338 g/mol. The number of hydrogen-bond donors (Lipinski definition) is 1. The fourth-order valence-electron chi connectivity index (χ4n) is 2.17. The molecule has 1 atom stereocenters. The van der Waals surface area contributed by atoms with Gasteiger partial charge < -0.3 is 10.1 Å². The highest BCUT2D eigenvalue weighted by Gasteiger charge is 2.21. The number of nitro groups is 1. The summed E-state index contributed by atoms with van der Waals surface area (Å²) in [5.74, 6) is -1.17. The Kier molecular flexibility index (Phi) is 5.70. The van der Waals surface area contributed by atoms with Crippen molar-refractivity contribution < 1.29 is 19.2 Å². The second-order valence-electron chi connectivity index (χ2n) is 5.06. The minimum absolute atomic E-state index is 0.0382. The van der Waals surface area contributed by atoms with Gasteiger partial charge in [0.05, 0.1) is 21.6 Å². The summed E-state index contributed by atoms with van der Waals surface area (Å²) in [6.07, 6.45) is 6.09. The number of allylic oxidation sites excluding steroid dienone is 2. The molecule has 1 aromatic carbocycles. The Bertz CT molecular complexity index is 659. The molecule has 0 saturated carbocycles. The van der Waals surface area contributed by atoms with Crippen LogP contribution in [-0.4, -0.2) is 23.4 Å². The summed E-state index contributed by atoms with van der Waals surface area (Å²) in [5, 5.41) is 13.1. The van der Waals surface area contributed by atoms with Gasteiger partial charge in [-0.25, -0.2) is 0 Å². The van der Waals surface area contributed by atoms with Crippen molar-refractivity contribution in [2.45, 2.75) is 19.3 Å². The number of nitrogens with zero attached hydrogens (tertiary/aromatic N) is 1. The number of nitro benzene ring substituents is 1. The molecule has 8 heteroatoms. The number of rotatable bonds is 5. The van der Waals surface area contributed by atoms with Gasteiger partial charge in [-0.05, 0) is 25.3 Å². The van der Waals surface area contributed by atoms with Crippen LogP contribution in [0.4, 0.5) is 11.4 Å². The number of esters is 1. The molecule has 0 unspecified atom stereocenters. The highest BCUT2D eigenvalue weighted by atomic mass is 35.5. The first kappa shape index (κ1) is 17.0. The molecule has 0 bridgehead atoms. The van der Waals surface area contributed by atoms with Crippen molar-refractivity contribution in [2.24, 2.45) is 5.92 Å². The third-order valence-electron chi connectivity index (χ3n) is 3.39. The van der Waals surface area contributed by atoms with Gasteiger partial charge in [-0.1, -0.05) is 23.8 Å². The van der Waals surface area contributed by atoms with Crippen molar-refractivity contribution in [2.75, 3.05) is 11.9 Å². The quantitative estimate of drug-likeness (QED) is 0.385. The van der Waals surface area contributed by atoms with Crippen LogP contribution in [0.3, 0.4) is 0 Å². The summed E-state index contributed by atoms with van der Waals surface area (Å²) in [5.41, 5.74) is 0.0451. The molecule has 1 aromatic rings. The van der Waals surface area contributed by atoms with E-state index in [4.69, 9.17) is 16.3 Å². The Morgan fingerprint density at radius 1 is 1.39 bits per heavy atom. The third-order valence-corrected chi connectivity index (χ3v) is 3.70. The molecule has 1 aliphatic carbocycles. The molecule has 0 heterocycles. The minimum Gasteiger partial charge on any atom is -0.455 e. The van der Waals surface area contributed by atoms with Gasteiger partial charge in [0.25, 0.3) is 11.6 Å². The topological polar surface area (TPSA) is 98.5 Å². The van der Waals surface area contributed by atoms with Crippen molar-refractivity contribution >= 4 is 34.9 Å². The van der Waals surface area contributed by atoms with E-state index < -0.39 is 23.4 Å². The van der Waals surface area contributed by atoms with Gasteiger partial charge in [0.1, 0.15) is 0 Å². The van der Waals surface area contributed by atoms with Crippen LogP contribution < -0.4 is 5.32 Å². The zero-order chi connectivity index (χ0) is 16.8. The van der Waals surface area contributed by atoms with E-state index in [-0.39, 0.29) is 22.3 Å². The Morgan fingerprint density at radius 3 is 2.78 bits per heavy atom. The van der Waals surface area contributed by atoms with Crippen molar-refractivity contribution in [1.82, 2.24) is 0 Å². The molecular weight excluding hydrogens is 324 g/mol.